The quantitative estimate of drug-likeness (QED) is 0.756. The molecule has 0 unspecified atom stereocenters. The van der Waals surface area contributed by atoms with Gasteiger partial charge in [-0.3, -0.25) is 4.79 Å². The van der Waals surface area contributed by atoms with E-state index in [9.17, 15) is 4.79 Å². The van der Waals surface area contributed by atoms with Gasteiger partial charge in [0.05, 0.1) is 18.2 Å². The van der Waals surface area contributed by atoms with Gasteiger partial charge in [0.25, 0.3) is 0 Å². The molecular weight excluding hydrogens is 284 g/mol. The second-order valence-electron chi connectivity index (χ2n) is 3.69. The lowest BCUT2D eigenvalue weighted by atomic mass is 10.1. The van der Waals surface area contributed by atoms with Crippen molar-refractivity contribution in [2.45, 2.75) is 26.2 Å². The van der Waals surface area contributed by atoms with E-state index in [0.717, 1.165) is 22.2 Å². The first-order chi connectivity index (χ1) is 8.17. The standard InChI is InChI=1S/C13H17BrO3/c1-3-8-17-13(15)7-5-10-4-6-12(16-2)11(14)9-10/h4,6,9H,3,5,7-8H2,1-2H3. The van der Waals surface area contributed by atoms with E-state index in [-0.39, 0.29) is 5.97 Å². The molecule has 0 N–H and O–H groups in total. The highest BCUT2D eigenvalue weighted by Gasteiger charge is 2.05. The van der Waals surface area contributed by atoms with Gasteiger partial charge in [-0.2, -0.15) is 0 Å². The third-order valence-corrected chi connectivity index (χ3v) is 2.92. The molecule has 0 saturated carbocycles. The topological polar surface area (TPSA) is 35.5 Å². The summed E-state index contributed by atoms with van der Waals surface area (Å²) in [5, 5.41) is 0. The molecule has 0 spiro atoms. The number of halogens is 1. The Morgan fingerprint density at radius 1 is 1.41 bits per heavy atom. The van der Waals surface area contributed by atoms with E-state index >= 15 is 0 Å². The Bertz CT molecular complexity index is 377. The van der Waals surface area contributed by atoms with Crippen molar-refractivity contribution in [2.24, 2.45) is 0 Å². The minimum absolute atomic E-state index is 0.140. The molecule has 1 aromatic carbocycles. The molecule has 0 amide bonds. The van der Waals surface area contributed by atoms with Crippen molar-refractivity contribution in [3.63, 3.8) is 0 Å². The Morgan fingerprint density at radius 3 is 2.76 bits per heavy atom. The van der Waals surface area contributed by atoms with Gasteiger partial charge >= 0.3 is 5.97 Å². The van der Waals surface area contributed by atoms with Gasteiger partial charge in [0.1, 0.15) is 5.75 Å². The fraction of sp³-hybridized carbons (Fsp3) is 0.462. The van der Waals surface area contributed by atoms with Crippen LogP contribution in [0.3, 0.4) is 0 Å². The van der Waals surface area contributed by atoms with E-state index in [1.807, 2.05) is 25.1 Å². The predicted octanol–water partition coefficient (Wildman–Crippen LogP) is 3.34. The van der Waals surface area contributed by atoms with Crippen LogP contribution >= 0.6 is 15.9 Å². The van der Waals surface area contributed by atoms with E-state index in [1.54, 1.807) is 7.11 Å². The lowest BCUT2D eigenvalue weighted by Crippen LogP contribution is -2.06. The van der Waals surface area contributed by atoms with E-state index < -0.39 is 0 Å². The van der Waals surface area contributed by atoms with Crippen LogP contribution < -0.4 is 4.74 Å². The molecule has 0 aliphatic carbocycles. The van der Waals surface area contributed by atoms with Crippen LogP contribution in [0, 0.1) is 0 Å². The molecule has 0 heterocycles. The van der Waals surface area contributed by atoms with Crippen molar-refractivity contribution in [2.75, 3.05) is 13.7 Å². The first-order valence-electron chi connectivity index (χ1n) is 5.65. The summed E-state index contributed by atoms with van der Waals surface area (Å²) in [5.41, 5.74) is 1.09. The van der Waals surface area contributed by atoms with E-state index in [0.29, 0.717) is 19.4 Å². The van der Waals surface area contributed by atoms with Crippen LogP contribution in [0.5, 0.6) is 5.75 Å². The molecule has 0 radical (unpaired) electrons. The molecule has 1 rings (SSSR count). The largest absolute Gasteiger partial charge is 0.496 e. The zero-order valence-electron chi connectivity index (χ0n) is 10.2. The number of benzene rings is 1. The number of aryl methyl sites for hydroxylation is 1. The van der Waals surface area contributed by atoms with Crippen LogP contribution in [0.4, 0.5) is 0 Å². The maximum absolute atomic E-state index is 11.3. The van der Waals surface area contributed by atoms with Gasteiger partial charge in [0.15, 0.2) is 0 Å². The normalized spacial score (nSPS) is 10.1. The van der Waals surface area contributed by atoms with Gasteiger partial charge in [-0.25, -0.2) is 0 Å². The van der Waals surface area contributed by atoms with Crippen LogP contribution in [0.2, 0.25) is 0 Å². The van der Waals surface area contributed by atoms with Crippen LogP contribution in [0.1, 0.15) is 25.3 Å². The zero-order chi connectivity index (χ0) is 12.7. The summed E-state index contributed by atoms with van der Waals surface area (Å²) >= 11 is 3.42. The Morgan fingerprint density at radius 2 is 2.18 bits per heavy atom. The van der Waals surface area contributed by atoms with Crippen molar-refractivity contribution in [1.82, 2.24) is 0 Å². The second kappa shape index (κ2) is 7.33. The molecule has 0 aliphatic heterocycles. The average Bonchev–Trinajstić information content (AvgIpc) is 2.34. The third kappa shape index (κ3) is 4.77. The summed E-state index contributed by atoms with van der Waals surface area (Å²) in [6, 6.07) is 5.80. The summed E-state index contributed by atoms with van der Waals surface area (Å²) in [7, 11) is 1.63. The molecule has 17 heavy (non-hydrogen) atoms. The smallest absolute Gasteiger partial charge is 0.306 e. The SMILES string of the molecule is CCCOC(=O)CCc1ccc(OC)c(Br)c1. The van der Waals surface area contributed by atoms with Crippen LogP contribution in [0.25, 0.3) is 0 Å². The highest BCUT2D eigenvalue weighted by Crippen LogP contribution is 2.25. The monoisotopic (exact) mass is 300 g/mol. The molecule has 0 atom stereocenters. The van der Waals surface area contributed by atoms with Crippen molar-refractivity contribution in [1.29, 1.82) is 0 Å². The van der Waals surface area contributed by atoms with Crippen molar-refractivity contribution in [3.8, 4) is 5.75 Å². The summed E-state index contributed by atoms with van der Waals surface area (Å²) in [5.74, 6) is 0.654. The average molecular weight is 301 g/mol. The first-order valence-corrected chi connectivity index (χ1v) is 6.44. The molecular formula is C13H17BrO3. The summed E-state index contributed by atoms with van der Waals surface area (Å²) in [6.45, 7) is 2.49. The lowest BCUT2D eigenvalue weighted by Gasteiger charge is -2.06. The van der Waals surface area contributed by atoms with Gasteiger partial charge < -0.3 is 9.47 Å². The number of hydrogen-bond acceptors (Lipinski definition) is 3. The van der Waals surface area contributed by atoms with E-state index in [4.69, 9.17) is 9.47 Å². The summed E-state index contributed by atoms with van der Waals surface area (Å²) in [6.07, 6.45) is 1.96. The molecule has 94 valence electrons. The number of methoxy groups -OCH3 is 1. The van der Waals surface area contributed by atoms with Gasteiger partial charge in [-0.15, -0.1) is 0 Å². The van der Waals surface area contributed by atoms with Crippen LogP contribution in [-0.4, -0.2) is 19.7 Å². The Labute approximate surface area is 110 Å². The molecule has 0 aliphatic rings. The Hall–Kier alpha value is -1.03. The maximum Gasteiger partial charge on any atom is 0.306 e. The number of rotatable bonds is 6. The highest BCUT2D eigenvalue weighted by atomic mass is 79.9. The second-order valence-corrected chi connectivity index (χ2v) is 4.54. The Kier molecular flexibility index (Phi) is 6.05. The zero-order valence-corrected chi connectivity index (χ0v) is 11.7. The van der Waals surface area contributed by atoms with E-state index in [2.05, 4.69) is 15.9 Å². The number of ether oxygens (including phenoxy) is 2. The van der Waals surface area contributed by atoms with Gasteiger partial charge in [0.2, 0.25) is 0 Å². The maximum atomic E-state index is 11.3. The molecule has 4 heteroatoms. The van der Waals surface area contributed by atoms with Crippen LogP contribution in [-0.2, 0) is 16.0 Å². The molecule has 0 bridgehead atoms. The van der Waals surface area contributed by atoms with Crippen molar-refractivity contribution in [3.05, 3.63) is 28.2 Å². The molecule has 3 nitrogen and oxygen atoms in total. The van der Waals surface area contributed by atoms with Gasteiger partial charge in [-0.1, -0.05) is 13.0 Å². The number of carbonyl (C=O) groups is 1. The molecule has 0 aromatic heterocycles. The molecule has 0 saturated heterocycles. The summed E-state index contributed by atoms with van der Waals surface area (Å²) in [4.78, 5) is 11.3. The van der Waals surface area contributed by atoms with E-state index in [1.165, 1.54) is 0 Å². The van der Waals surface area contributed by atoms with Crippen molar-refractivity contribution < 1.29 is 14.3 Å². The fourth-order valence-electron chi connectivity index (χ4n) is 1.40. The minimum atomic E-state index is -0.140. The molecule has 1 aromatic rings. The van der Waals surface area contributed by atoms with Gasteiger partial charge in [-0.05, 0) is 46.5 Å². The Balaban J connectivity index is 2.47. The number of carbonyl (C=O) groups excluding carboxylic acids is 1. The predicted molar refractivity (Wildman–Crippen MR) is 70.3 cm³/mol. The lowest BCUT2D eigenvalue weighted by molar-refractivity contribution is -0.143. The first kappa shape index (κ1) is 14.0. The van der Waals surface area contributed by atoms with Gasteiger partial charge in [0, 0.05) is 6.42 Å². The number of esters is 1. The number of hydrogen-bond donors (Lipinski definition) is 0. The molecule has 0 fully saturated rings. The van der Waals surface area contributed by atoms with Crippen molar-refractivity contribution >= 4 is 21.9 Å². The fourth-order valence-corrected chi connectivity index (χ4v) is 1.99. The minimum Gasteiger partial charge on any atom is -0.496 e. The summed E-state index contributed by atoms with van der Waals surface area (Å²) < 4.78 is 11.1. The third-order valence-electron chi connectivity index (χ3n) is 2.30. The highest BCUT2D eigenvalue weighted by molar-refractivity contribution is 9.10. The van der Waals surface area contributed by atoms with Crippen LogP contribution in [0.15, 0.2) is 22.7 Å².